The highest BCUT2D eigenvalue weighted by Gasteiger charge is 2.19. The molecule has 7 nitrogen and oxygen atoms in total. The van der Waals surface area contributed by atoms with E-state index >= 15 is 0 Å². The van der Waals surface area contributed by atoms with Crippen LogP contribution in [0.5, 0.6) is 0 Å². The zero-order valence-electron chi connectivity index (χ0n) is 13.7. The van der Waals surface area contributed by atoms with Crippen molar-refractivity contribution < 1.29 is 9.53 Å². The molecule has 1 saturated heterocycles. The van der Waals surface area contributed by atoms with Gasteiger partial charge in [-0.15, -0.1) is 0 Å². The number of nitrogens with one attached hydrogen (secondary N) is 2. The molecule has 22 heavy (non-hydrogen) atoms. The second kappa shape index (κ2) is 7.00. The van der Waals surface area contributed by atoms with E-state index in [1.165, 1.54) is 0 Å². The molecule has 0 aromatic carbocycles. The summed E-state index contributed by atoms with van der Waals surface area (Å²) in [5.41, 5.74) is 6.57. The molecule has 1 aromatic rings. The third kappa shape index (κ3) is 4.91. The Balaban J connectivity index is 1.83. The number of carbonyl (C=O) groups is 1. The molecule has 0 aliphatic carbocycles. The molecule has 1 aliphatic rings. The number of nitrogens with zero attached hydrogens (tertiary/aromatic N) is 2. The lowest BCUT2D eigenvalue weighted by Gasteiger charge is -2.20. The monoisotopic (exact) mass is 309 g/mol. The Morgan fingerprint density at radius 1 is 1.50 bits per heavy atom. The summed E-state index contributed by atoms with van der Waals surface area (Å²) in [6.45, 7) is 8.54. The van der Waals surface area contributed by atoms with Crippen LogP contribution in [0.2, 0.25) is 0 Å². The number of nitrogen functional groups attached to an aromatic ring is 1. The van der Waals surface area contributed by atoms with E-state index in [1.807, 2.05) is 26.8 Å². The van der Waals surface area contributed by atoms with Crippen LogP contribution >= 0.6 is 0 Å². The minimum atomic E-state index is -0.489. The van der Waals surface area contributed by atoms with E-state index in [0.717, 1.165) is 31.6 Å². The fraction of sp³-hybridized carbons (Fsp3) is 0.733. The van der Waals surface area contributed by atoms with E-state index in [0.29, 0.717) is 24.8 Å². The molecular formula is C15H27N5O2. The van der Waals surface area contributed by atoms with Crippen LogP contribution < -0.4 is 16.4 Å². The van der Waals surface area contributed by atoms with Crippen molar-refractivity contribution in [2.45, 2.75) is 51.7 Å². The van der Waals surface area contributed by atoms with E-state index in [1.54, 1.807) is 4.68 Å². The molecule has 4 N–H and O–H groups in total. The molecule has 0 saturated carbocycles. The van der Waals surface area contributed by atoms with Crippen LogP contribution in [0.4, 0.5) is 10.6 Å². The van der Waals surface area contributed by atoms with Crippen molar-refractivity contribution in [3.05, 3.63) is 11.8 Å². The molecule has 0 bridgehead atoms. The maximum absolute atomic E-state index is 11.6. The standard InChI is InChI=1S/C15H27N5O2/c1-15(2,3)22-14(21)18-8-9-20-13(16)10-12(19-20)11-4-6-17-7-5-11/h10-11,17H,4-9,16H2,1-3H3,(H,18,21). The number of amides is 1. The average Bonchev–Trinajstić information content (AvgIpc) is 2.79. The van der Waals surface area contributed by atoms with Gasteiger partial charge in [0.05, 0.1) is 12.2 Å². The lowest BCUT2D eigenvalue weighted by atomic mass is 9.95. The van der Waals surface area contributed by atoms with Gasteiger partial charge in [-0.2, -0.15) is 5.10 Å². The number of rotatable bonds is 4. The molecule has 1 fully saturated rings. The van der Waals surface area contributed by atoms with Gasteiger partial charge in [-0.3, -0.25) is 0 Å². The third-order valence-electron chi connectivity index (χ3n) is 3.58. The molecule has 1 aliphatic heterocycles. The Morgan fingerprint density at radius 3 is 2.82 bits per heavy atom. The molecular weight excluding hydrogens is 282 g/mol. The van der Waals surface area contributed by atoms with Gasteiger partial charge < -0.3 is 21.1 Å². The smallest absolute Gasteiger partial charge is 0.407 e. The van der Waals surface area contributed by atoms with Gasteiger partial charge in [-0.25, -0.2) is 9.48 Å². The van der Waals surface area contributed by atoms with Crippen LogP contribution in [-0.2, 0) is 11.3 Å². The van der Waals surface area contributed by atoms with Gasteiger partial charge in [0, 0.05) is 18.5 Å². The summed E-state index contributed by atoms with van der Waals surface area (Å²) in [4.78, 5) is 11.6. The maximum atomic E-state index is 11.6. The Bertz CT molecular complexity index is 501. The minimum absolute atomic E-state index is 0.420. The number of nitrogens with two attached hydrogens (primary N) is 1. The summed E-state index contributed by atoms with van der Waals surface area (Å²) < 4.78 is 6.93. The third-order valence-corrected chi connectivity index (χ3v) is 3.58. The summed E-state index contributed by atoms with van der Waals surface area (Å²) in [5, 5.41) is 10.6. The second-order valence-corrected chi connectivity index (χ2v) is 6.67. The summed E-state index contributed by atoms with van der Waals surface area (Å²) in [5.74, 6) is 1.11. The van der Waals surface area contributed by atoms with E-state index in [2.05, 4.69) is 15.7 Å². The van der Waals surface area contributed by atoms with Crippen LogP contribution in [0.15, 0.2) is 6.07 Å². The first kappa shape index (κ1) is 16.6. The van der Waals surface area contributed by atoms with E-state index < -0.39 is 11.7 Å². The van der Waals surface area contributed by atoms with E-state index in [-0.39, 0.29) is 0 Å². The first-order chi connectivity index (χ1) is 10.3. The molecule has 2 heterocycles. The Hall–Kier alpha value is -1.76. The first-order valence-electron chi connectivity index (χ1n) is 7.86. The number of carbonyl (C=O) groups excluding carboxylic acids is 1. The fourth-order valence-corrected chi connectivity index (χ4v) is 2.53. The molecule has 1 amide bonds. The van der Waals surface area contributed by atoms with Gasteiger partial charge in [0.25, 0.3) is 0 Å². The van der Waals surface area contributed by atoms with Gasteiger partial charge in [0.2, 0.25) is 0 Å². The van der Waals surface area contributed by atoms with Gasteiger partial charge >= 0.3 is 6.09 Å². The molecule has 2 rings (SSSR count). The zero-order chi connectivity index (χ0) is 16.2. The molecule has 0 spiro atoms. The van der Waals surface area contributed by atoms with Gasteiger partial charge in [-0.1, -0.05) is 0 Å². The fourth-order valence-electron chi connectivity index (χ4n) is 2.53. The molecule has 0 atom stereocenters. The second-order valence-electron chi connectivity index (χ2n) is 6.67. The average molecular weight is 309 g/mol. The number of anilines is 1. The number of hydrogen-bond acceptors (Lipinski definition) is 5. The van der Waals surface area contributed by atoms with Gasteiger partial charge in [0.1, 0.15) is 11.4 Å². The minimum Gasteiger partial charge on any atom is -0.444 e. The van der Waals surface area contributed by atoms with E-state index in [9.17, 15) is 4.79 Å². The molecule has 0 unspecified atom stereocenters. The summed E-state index contributed by atoms with van der Waals surface area (Å²) >= 11 is 0. The predicted molar refractivity (Wildman–Crippen MR) is 85.7 cm³/mol. The van der Waals surface area contributed by atoms with Crippen LogP contribution in [-0.4, -0.2) is 41.1 Å². The number of hydrogen-bond donors (Lipinski definition) is 3. The van der Waals surface area contributed by atoms with Crippen molar-refractivity contribution in [3.8, 4) is 0 Å². The topological polar surface area (TPSA) is 94.2 Å². The highest BCUT2D eigenvalue weighted by molar-refractivity contribution is 5.67. The molecule has 7 heteroatoms. The van der Waals surface area contributed by atoms with Gasteiger partial charge in [-0.05, 0) is 46.7 Å². The largest absolute Gasteiger partial charge is 0.444 e. The summed E-state index contributed by atoms with van der Waals surface area (Å²) in [7, 11) is 0. The SMILES string of the molecule is CC(C)(C)OC(=O)NCCn1nc(C2CCNCC2)cc1N. The number of alkyl carbamates (subject to hydrolysis) is 1. The Kier molecular flexibility index (Phi) is 5.28. The molecule has 124 valence electrons. The van der Waals surface area contributed by atoms with Crippen molar-refractivity contribution in [1.82, 2.24) is 20.4 Å². The summed E-state index contributed by atoms with van der Waals surface area (Å²) in [6, 6.07) is 1.95. The molecule has 1 aromatic heterocycles. The van der Waals surface area contributed by atoms with Crippen molar-refractivity contribution in [2.75, 3.05) is 25.4 Å². The highest BCUT2D eigenvalue weighted by atomic mass is 16.6. The van der Waals surface area contributed by atoms with Crippen molar-refractivity contribution >= 4 is 11.9 Å². The zero-order valence-corrected chi connectivity index (χ0v) is 13.7. The Labute approximate surface area is 131 Å². The Morgan fingerprint density at radius 2 is 2.18 bits per heavy atom. The van der Waals surface area contributed by atoms with Crippen LogP contribution in [0.3, 0.4) is 0 Å². The lowest BCUT2D eigenvalue weighted by molar-refractivity contribution is 0.0525. The number of piperidine rings is 1. The number of ether oxygens (including phenoxy) is 1. The first-order valence-corrected chi connectivity index (χ1v) is 7.86. The van der Waals surface area contributed by atoms with Crippen LogP contribution in [0, 0.1) is 0 Å². The lowest BCUT2D eigenvalue weighted by Crippen LogP contribution is -2.34. The van der Waals surface area contributed by atoms with Crippen LogP contribution in [0.1, 0.15) is 45.2 Å². The van der Waals surface area contributed by atoms with Gasteiger partial charge in [0.15, 0.2) is 0 Å². The van der Waals surface area contributed by atoms with Crippen molar-refractivity contribution in [3.63, 3.8) is 0 Å². The van der Waals surface area contributed by atoms with Crippen LogP contribution in [0.25, 0.3) is 0 Å². The van der Waals surface area contributed by atoms with Crippen molar-refractivity contribution in [1.29, 1.82) is 0 Å². The predicted octanol–water partition coefficient (Wildman–Crippen LogP) is 1.46. The normalized spacial score (nSPS) is 16.5. The number of aromatic nitrogens is 2. The highest BCUT2D eigenvalue weighted by Crippen LogP contribution is 2.25. The van der Waals surface area contributed by atoms with E-state index in [4.69, 9.17) is 10.5 Å². The summed E-state index contributed by atoms with van der Waals surface area (Å²) in [6.07, 6.45) is 1.76. The quantitative estimate of drug-likeness (QED) is 0.783. The van der Waals surface area contributed by atoms with Crippen molar-refractivity contribution in [2.24, 2.45) is 0 Å². The maximum Gasteiger partial charge on any atom is 0.407 e. The molecule has 0 radical (unpaired) electrons.